The fourth-order valence-corrected chi connectivity index (χ4v) is 7.41. The fraction of sp³-hybridized carbons (Fsp3) is 0.229. The molecule has 0 bridgehead atoms. The van der Waals surface area contributed by atoms with Crippen molar-refractivity contribution in [3.8, 4) is 0 Å². The molecular formula is C35H30F2N6O. The van der Waals surface area contributed by atoms with E-state index in [4.69, 9.17) is 0 Å². The van der Waals surface area contributed by atoms with Gasteiger partial charge in [-0.2, -0.15) is 10.2 Å². The van der Waals surface area contributed by atoms with Gasteiger partial charge in [0.15, 0.2) is 0 Å². The van der Waals surface area contributed by atoms with Gasteiger partial charge in [0, 0.05) is 35.7 Å². The van der Waals surface area contributed by atoms with Gasteiger partial charge in [0.1, 0.15) is 11.6 Å². The zero-order valence-corrected chi connectivity index (χ0v) is 23.8. The van der Waals surface area contributed by atoms with Gasteiger partial charge in [-0.05, 0) is 83.6 Å². The predicted molar refractivity (Wildman–Crippen MR) is 164 cm³/mol. The molecule has 2 amide bonds. The zero-order valence-electron chi connectivity index (χ0n) is 23.8. The zero-order chi connectivity index (χ0) is 29.8. The van der Waals surface area contributed by atoms with Crippen LogP contribution in [0.25, 0.3) is 21.8 Å². The lowest BCUT2D eigenvalue weighted by atomic mass is 9.86. The average molecular weight is 589 g/mol. The Morgan fingerprint density at radius 3 is 1.45 bits per heavy atom. The number of amides is 2. The van der Waals surface area contributed by atoms with Gasteiger partial charge >= 0.3 is 6.03 Å². The molecule has 44 heavy (non-hydrogen) atoms. The van der Waals surface area contributed by atoms with E-state index in [-0.39, 0.29) is 41.6 Å². The molecule has 4 heterocycles. The Hall–Kier alpha value is -5.05. The lowest BCUT2D eigenvalue weighted by Gasteiger charge is -2.36. The highest BCUT2D eigenvalue weighted by molar-refractivity contribution is 5.81. The molecule has 2 saturated heterocycles. The van der Waals surface area contributed by atoms with E-state index in [2.05, 4.69) is 44.7 Å². The van der Waals surface area contributed by atoms with E-state index < -0.39 is 0 Å². The van der Waals surface area contributed by atoms with Crippen LogP contribution in [0.3, 0.4) is 0 Å². The van der Waals surface area contributed by atoms with Gasteiger partial charge in [-0.25, -0.2) is 13.6 Å². The van der Waals surface area contributed by atoms with Gasteiger partial charge in [0.05, 0.1) is 35.5 Å². The summed E-state index contributed by atoms with van der Waals surface area (Å²) in [4.78, 5) is 18.8. The maximum absolute atomic E-state index is 14.8. The Labute approximate surface area is 252 Å². The summed E-state index contributed by atoms with van der Waals surface area (Å²) in [6.07, 6.45) is 5.10. The van der Waals surface area contributed by atoms with Gasteiger partial charge in [-0.15, -0.1) is 0 Å². The first-order chi connectivity index (χ1) is 21.5. The van der Waals surface area contributed by atoms with E-state index in [1.54, 1.807) is 12.4 Å². The lowest BCUT2D eigenvalue weighted by Crippen LogP contribution is -2.43. The molecule has 9 heteroatoms. The normalized spacial score (nSPS) is 22.0. The molecule has 2 N–H and O–H groups in total. The summed E-state index contributed by atoms with van der Waals surface area (Å²) in [6.45, 7) is 1.14. The average Bonchev–Trinajstić information content (AvgIpc) is 3.86. The second-order valence-electron chi connectivity index (χ2n) is 11.9. The van der Waals surface area contributed by atoms with Crippen molar-refractivity contribution in [2.24, 2.45) is 0 Å². The monoisotopic (exact) mass is 588 g/mol. The SMILES string of the molecule is O=C(N1CCC(c2ccc(F)cc2)C1c1ccc2[nH]ncc2c1)N1CCC(c2ccc(F)cc2)C1c1ccc2[nH]ncc2c1. The molecule has 2 aromatic heterocycles. The summed E-state index contributed by atoms with van der Waals surface area (Å²) in [6, 6.07) is 25.1. The number of halogens is 2. The van der Waals surface area contributed by atoms with Crippen LogP contribution in [0, 0.1) is 11.6 Å². The molecular weight excluding hydrogens is 558 g/mol. The van der Waals surface area contributed by atoms with Crippen molar-refractivity contribution < 1.29 is 13.6 Å². The minimum atomic E-state index is -0.280. The molecule has 0 radical (unpaired) electrons. The number of carbonyl (C=O) groups excluding carboxylic acids is 1. The predicted octanol–water partition coefficient (Wildman–Crippen LogP) is 7.60. The summed E-state index contributed by atoms with van der Waals surface area (Å²) in [5, 5.41) is 16.4. The molecule has 0 aliphatic carbocycles. The summed E-state index contributed by atoms with van der Waals surface area (Å²) >= 11 is 0. The lowest BCUT2D eigenvalue weighted by molar-refractivity contribution is 0.140. The number of hydrogen-bond acceptors (Lipinski definition) is 3. The topological polar surface area (TPSA) is 80.9 Å². The number of carbonyl (C=O) groups is 1. The molecule has 2 aliphatic rings. The van der Waals surface area contributed by atoms with E-state index in [9.17, 15) is 13.6 Å². The van der Waals surface area contributed by atoms with Crippen molar-refractivity contribution in [2.45, 2.75) is 36.8 Å². The molecule has 7 nitrogen and oxygen atoms in total. The number of benzene rings is 4. The van der Waals surface area contributed by atoms with E-state index in [0.717, 1.165) is 56.9 Å². The van der Waals surface area contributed by atoms with Gasteiger partial charge in [0.25, 0.3) is 0 Å². The second-order valence-corrected chi connectivity index (χ2v) is 11.9. The van der Waals surface area contributed by atoms with Gasteiger partial charge < -0.3 is 9.80 Å². The van der Waals surface area contributed by atoms with Crippen LogP contribution < -0.4 is 0 Å². The van der Waals surface area contributed by atoms with Crippen LogP contribution in [-0.4, -0.2) is 49.3 Å². The van der Waals surface area contributed by atoms with Gasteiger partial charge in [0.2, 0.25) is 0 Å². The van der Waals surface area contributed by atoms with Gasteiger partial charge in [-0.1, -0.05) is 36.4 Å². The highest BCUT2D eigenvalue weighted by Gasteiger charge is 2.46. The first kappa shape index (κ1) is 26.6. The minimum Gasteiger partial charge on any atom is -0.317 e. The van der Waals surface area contributed by atoms with E-state index in [1.165, 1.54) is 24.3 Å². The Kier molecular flexibility index (Phi) is 6.39. The van der Waals surface area contributed by atoms with Crippen molar-refractivity contribution in [3.05, 3.63) is 131 Å². The molecule has 4 unspecified atom stereocenters. The maximum Gasteiger partial charge on any atom is 0.321 e. The molecule has 2 fully saturated rings. The number of aromatic amines is 2. The van der Waals surface area contributed by atoms with Crippen molar-refractivity contribution in [1.29, 1.82) is 0 Å². The Bertz CT molecular complexity index is 1830. The van der Waals surface area contributed by atoms with Crippen molar-refractivity contribution in [2.75, 3.05) is 13.1 Å². The number of likely N-dealkylation sites (tertiary alicyclic amines) is 2. The number of nitrogens with zero attached hydrogens (tertiary/aromatic N) is 4. The molecule has 2 aliphatic heterocycles. The number of urea groups is 1. The van der Waals surface area contributed by atoms with Crippen LogP contribution >= 0.6 is 0 Å². The molecule has 4 aromatic carbocycles. The highest BCUT2D eigenvalue weighted by Crippen LogP contribution is 2.49. The molecule has 6 aromatic rings. The van der Waals surface area contributed by atoms with Crippen LogP contribution in [-0.2, 0) is 0 Å². The van der Waals surface area contributed by atoms with Crippen LogP contribution in [0.1, 0.15) is 59.0 Å². The van der Waals surface area contributed by atoms with Crippen LogP contribution in [0.2, 0.25) is 0 Å². The standard InChI is InChI=1S/C35H30F2N6O/c36-27-7-1-21(2-8-27)29-13-15-42(33(29)23-5-11-31-25(17-23)19-38-40-31)35(44)43-16-14-30(22-3-9-28(37)10-4-22)34(43)24-6-12-32-26(18-24)20-39-41-32/h1-12,17-20,29-30,33-34H,13-16H2,(H,38,40)(H,39,41). The van der Waals surface area contributed by atoms with E-state index in [0.29, 0.717) is 13.1 Å². The molecule has 4 atom stereocenters. The molecule has 220 valence electrons. The number of fused-ring (bicyclic) bond motifs is 2. The first-order valence-corrected chi connectivity index (χ1v) is 15.0. The third kappa shape index (κ3) is 4.51. The summed E-state index contributed by atoms with van der Waals surface area (Å²) in [5.41, 5.74) is 5.91. The maximum atomic E-state index is 14.8. The van der Waals surface area contributed by atoms with E-state index >= 15 is 0 Å². The van der Waals surface area contributed by atoms with E-state index in [1.807, 2.05) is 46.2 Å². The fourth-order valence-electron chi connectivity index (χ4n) is 7.41. The minimum absolute atomic E-state index is 0.000120. The van der Waals surface area contributed by atoms with Crippen molar-refractivity contribution >= 4 is 27.8 Å². The number of rotatable bonds is 4. The quantitative estimate of drug-likeness (QED) is 0.223. The first-order valence-electron chi connectivity index (χ1n) is 15.0. The van der Waals surface area contributed by atoms with Crippen molar-refractivity contribution in [3.63, 3.8) is 0 Å². The smallest absolute Gasteiger partial charge is 0.317 e. The third-order valence-electron chi connectivity index (χ3n) is 9.50. The van der Waals surface area contributed by atoms with Gasteiger partial charge in [-0.3, -0.25) is 10.2 Å². The largest absolute Gasteiger partial charge is 0.321 e. The molecule has 0 spiro atoms. The Balaban J connectivity index is 1.20. The number of H-pyrrole nitrogens is 2. The van der Waals surface area contributed by atoms with Crippen LogP contribution in [0.15, 0.2) is 97.3 Å². The summed E-state index contributed by atoms with van der Waals surface area (Å²) in [5.74, 6) is -0.560. The second kappa shape index (κ2) is 10.6. The van der Waals surface area contributed by atoms with Crippen LogP contribution in [0.5, 0.6) is 0 Å². The molecule has 8 rings (SSSR count). The third-order valence-corrected chi connectivity index (χ3v) is 9.50. The highest BCUT2D eigenvalue weighted by atomic mass is 19.1. The summed E-state index contributed by atoms with van der Waals surface area (Å²) in [7, 11) is 0. The number of nitrogens with one attached hydrogen (secondary N) is 2. The summed E-state index contributed by atoms with van der Waals surface area (Å²) < 4.78 is 27.8. The number of aromatic nitrogens is 4. The number of hydrogen-bond donors (Lipinski definition) is 2. The van der Waals surface area contributed by atoms with Crippen LogP contribution in [0.4, 0.5) is 13.6 Å². The Morgan fingerprint density at radius 1 is 0.614 bits per heavy atom. The Morgan fingerprint density at radius 2 is 1.02 bits per heavy atom. The molecule has 0 saturated carbocycles. The van der Waals surface area contributed by atoms with Crippen molar-refractivity contribution in [1.82, 2.24) is 30.2 Å².